The Morgan fingerprint density at radius 3 is 2.47 bits per heavy atom. The molecule has 1 amide bonds. The van der Waals surface area contributed by atoms with Crippen LogP contribution in [0.25, 0.3) is 11.0 Å². The summed E-state index contributed by atoms with van der Waals surface area (Å²) in [6.45, 7) is 7.10. The van der Waals surface area contributed by atoms with Gasteiger partial charge in [0.15, 0.2) is 10.8 Å². The second-order valence-corrected chi connectivity index (χ2v) is 11.1. The van der Waals surface area contributed by atoms with Crippen molar-refractivity contribution in [3.05, 3.63) is 51.4 Å². The molecule has 2 aromatic heterocycles. The number of aryl methyl sites for hydroxylation is 3. The summed E-state index contributed by atoms with van der Waals surface area (Å²) in [7, 11) is -0.742. The van der Waals surface area contributed by atoms with Gasteiger partial charge in [0.25, 0.3) is 5.56 Å². The van der Waals surface area contributed by atoms with Crippen LogP contribution in [0.3, 0.4) is 0 Å². The highest BCUT2D eigenvalue weighted by Gasteiger charge is 2.21. The van der Waals surface area contributed by atoms with E-state index < -0.39 is 15.3 Å². The molecule has 1 atom stereocenters. The Morgan fingerprint density at radius 2 is 1.81 bits per heavy atom. The van der Waals surface area contributed by atoms with Crippen LogP contribution in [0, 0.1) is 20.8 Å². The van der Waals surface area contributed by atoms with Crippen molar-refractivity contribution in [2.45, 2.75) is 43.0 Å². The van der Waals surface area contributed by atoms with Gasteiger partial charge in [-0.15, -0.1) is 0 Å². The van der Waals surface area contributed by atoms with E-state index in [2.05, 4.69) is 20.3 Å². The molecule has 170 valence electrons. The molecule has 0 saturated carbocycles. The number of pyridine rings is 1. The predicted molar refractivity (Wildman–Crippen MR) is 126 cm³/mol. The fraction of sp³-hybridized carbons (Fsp3) is 0.333. The molecule has 0 radical (unpaired) electrons. The number of rotatable bonds is 6. The van der Waals surface area contributed by atoms with Gasteiger partial charge in [-0.3, -0.25) is 9.59 Å². The summed E-state index contributed by atoms with van der Waals surface area (Å²) in [4.78, 5) is 36.8. The van der Waals surface area contributed by atoms with Gasteiger partial charge >= 0.3 is 0 Å². The van der Waals surface area contributed by atoms with Gasteiger partial charge < -0.3 is 10.3 Å². The Hall–Kier alpha value is -2.76. The predicted octanol–water partition coefficient (Wildman–Crippen LogP) is 2.61. The number of fused-ring (bicyclic) bond motifs is 1. The Kier molecular flexibility index (Phi) is 6.72. The lowest BCUT2D eigenvalue weighted by atomic mass is 10.2. The van der Waals surface area contributed by atoms with Crippen molar-refractivity contribution in [2.24, 2.45) is 0 Å². The summed E-state index contributed by atoms with van der Waals surface area (Å²) in [5, 5.41) is 2.86. The molecule has 0 aliphatic heterocycles. The lowest BCUT2D eigenvalue weighted by molar-refractivity contribution is -0.115. The first kappa shape index (κ1) is 23.9. The molecule has 11 heteroatoms. The number of hydrogen-bond donors (Lipinski definition) is 2. The monoisotopic (exact) mass is 475 g/mol. The quantitative estimate of drug-likeness (QED) is 0.415. The third-order valence-electron chi connectivity index (χ3n) is 4.88. The largest absolute Gasteiger partial charge is 0.325 e. The standard InChI is InChI=1S/C21H25N5O4S2/c1-11-7-8-15(32(29,30)26(5)6)10-16(11)23-19(27)14(4)31-21-24-18-17(20(28)25-21)12(2)9-13(3)22-18/h7-10,14H,1-6H3,(H,23,27)(H,22,24,25,28)/t14-/m0/s1. The van der Waals surface area contributed by atoms with Crippen molar-refractivity contribution >= 4 is 44.4 Å². The molecule has 9 nitrogen and oxygen atoms in total. The minimum absolute atomic E-state index is 0.0843. The first-order valence-electron chi connectivity index (χ1n) is 9.79. The zero-order valence-corrected chi connectivity index (χ0v) is 20.3. The summed E-state index contributed by atoms with van der Waals surface area (Å²) in [5.74, 6) is -0.353. The van der Waals surface area contributed by atoms with Gasteiger partial charge in [0.1, 0.15) is 0 Å². The minimum Gasteiger partial charge on any atom is -0.325 e. The van der Waals surface area contributed by atoms with Gasteiger partial charge in [-0.25, -0.2) is 22.7 Å². The first-order valence-corrected chi connectivity index (χ1v) is 12.1. The zero-order valence-electron chi connectivity index (χ0n) is 18.7. The molecule has 2 N–H and O–H groups in total. The van der Waals surface area contributed by atoms with Crippen LogP contribution in [0.2, 0.25) is 0 Å². The van der Waals surface area contributed by atoms with Gasteiger partial charge in [-0.05, 0) is 57.0 Å². The fourth-order valence-electron chi connectivity index (χ4n) is 3.08. The molecular weight excluding hydrogens is 450 g/mol. The van der Waals surface area contributed by atoms with Gasteiger partial charge in [0, 0.05) is 25.5 Å². The van der Waals surface area contributed by atoms with Crippen LogP contribution in [0.15, 0.2) is 39.1 Å². The SMILES string of the molecule is Cc1cc(C)c2c(=O)[nH]c(S[C@@H](C)C(=O)Nc3cc(S(=O)(=O)N(C)C)ccc3C)nc2n1. The van der Waals surface area contributed by atoms with Gasteiger partial charge in [-0.1, -0.05) is 17.8 Å². The molecule has 32 heavy (non-hydrogen) atoms. The van der Waals surface area contributed by atoms with Crippen LogP contribution in [-0.2, 0) is 14.8 Å². The molecule has 0 spiro atoms. The number of carbonyl (C=O) groups excluding carboxylic acids is 1. The van der Waals surface area contributed by atoms with Crippen molar-refractivity contribution in [1.29, 1.82) is 0 Å². The normalized spacial score (nSPS) is 12.8. The van der Waals surface area contributed by atoms with Crippen LogP contribution in [0.5, 0.6) is 0 Å². The van der Waals surface area contributed by atoms with E-state index in [1.165, 1.54) is 26.2 Å². The van der Waals surface area contributed by atoms with E-state index in [1.807, 2.05) is 19.9 Å². The van der Waals surface area contributed by atoms with Gasteiger partial charge in [-0.2, -0.15) is 0 Å². The molecule has 0 fully saturated rings. The third-order valence-corrected chi connectivity index (χ3v) is 7.68. The van der Waals surface area contributed by atoms with E-state index in [0.29, 0.717) is 16.7 Å². The van der Waals surface area contributed by atoms with Crippen molar-refractivity contribution in [3.8, 4) is 0 Å². The van der Waals surface area contributed by atoms with Gasteiger partial charge in [0.2, 0.25) is 15.9 Å². The van der Waals surface area contributed by atoms with Crippen LogP contribution in [0.4, 0.5) is 5.69 Å². The van der Waals surface area contributed by atoms with E-state index in [0.717, 1.165) is 32.9 Å². The molecule has 0 saturated heterocycles. The topological polar surface area (TPSA) is 125 Å². The maximum atomic E-state index is 12.8. The van der Waals surface area contributed by atoms with Crippen molar-refractivity contribution in [2.75, 3.05) is 19.4 Å². The number of aromatic nitrogens is 3. The van der Waals surface area contributed by atoms with E-state index in [9.17, 15) is 18.0 Å². The molecule has 3 rings (SSSR count). The molecule has 2 heterocycles. The Morgan fingerprint density at radius 1 is 1.12 bits per heavy atom. The molecule has 0 bridgehead atoms. The molecule has 0 unspecified atom stereocenters. The van der Waals surface area contributed by atoms with Crippen LogP contribution < -0.4 is 10.9 Å². The number of sulfonamides is 1. The fourth-order valence-corrected chi connectivity index (χ4v) is 4.80. The van der Waals surface area contributed by atoms with Crippen molar-refractivity contribution < 1.29 is 13.2 Å². The highest BCUT2D eigenvalue weighted by atomic mass is 32.2. The lowest BCUT2D eigenvalue weighted by Crippen LogP contribution is -2.25. The summed E-state index contributed by atoms with van der Waals surface area (Å²) >= 11 is 1.09. The van der Waals surface area contributed by atoms with E-state index in [-0.39, 0.29) is 21.5 Å². The van der Waals surface area contributed by atoms with Crippen LogP contribution in [-0.4, -0.2) is 52.9 Å². The smallest absolute Gasteiger partial charge is 0.261 e. The highest BCUT2D eigenvalue weighted by molar-refractivity contribution is 8.00. The lowest BCUT2D eigenvalue weighted by Gasteiger charge is -2.16. The number of carbonyl (C=O) groups is 1. The van der Waals surface area contributed by atoms with Crippen LogP contribution in [0.1, 0.15) is 23.7 Å². The second-order valence-electron chi connectivity index (χ2n) is 7.66. The number of hydrogen-bond acceptors (Lipinski definition) is 7. The summed E-state index contributed by atoms with van der Waals surface area (Å²) in [6, 6.07) is 6.39. The van der Waals surface area contributed by atoms with E-state index in [4.69, 9.17) is 0 Å². The zero-order chi connectivity index (χ0) is 23.8. The molecule has 1 aromatic carbocycles. The Labute approximate surface area is 190 Å². The Balaban J connectivity index is 1.84. The van der Waals surface area contributed by atoms with Gasteiger partial charge in [0.05, 0.1) is 15.5 Å². The van der Waals surface area contributed by atoms with Crippen molar-refractivity contribution in [3.63, 3.8) is 0 Å². The number of anilines is 1. The number of H-pyrrole nitrogens is 1. The Bertz CT molecular complexity index is 1370. The maximum Gasteiger partial charge on any atom is 0.261 e. The van der Waals surface area contributed by atoms with Crippen LogP contribution >= 0.6 is 11.8 Å². The average Bonchev–Trinajstić information content (AvgIpc) is 2.68. The minimum atomic E-state index is -3.63. The second kappa shape index (κ2) is 9.00. The van der Waals surface area contributed by atoms with E-state index >= 15 is 0 Å². The highest BCUT2D eigenvalue weighted by Crippen LogP contribution is 2.25. The average molecular weight is 476 g/mol. The summed E-state index contributed by atoms with van der Waals surface area (Å²) in [6.07, 6.45) is 0. The molecule has 3 aromatic rings. The number of aromatic amines is 1. The summed E-state index contributed by atoms with van der Waals surface area (Å²) < 4.78 is 25.9. The van der Waals surface area contributed by atoms with Crippen molar-refractivity contribution in [1.82, 2.24) is 19.3 Å². The molecular formula is C21H25N5O4S2. The summed E-state index contributed by atoms with van der Waals surface area (Å²) in [5.41, 5.74) is 2.68. The number of thioether (sulfide) groups is 1. The number of benzene rings is 1. The number of nitrogens with zero attached hydrogens (tertiary/aromatic N) is 3. The first-order chi connectivity index (χ1) is 14.9. The number of nitrogens with one attached hydrogen (secondary N) is 2. The number of amides is 1. The van der Waals surface area contributed by atoms with E-state index in [1.54, 1.807) is 19.9 Å². The molecule has 0 aliphatic carbocycles. The maximum absolute atomic E-state index is 12.8. The molecule has 0 aliphatic rings. The third kappa shape index (κ3) is 4.84.